The van der Waals surface area contributed by atoms with E-state index in [0.29, 0.717) is 11.4 Å². The molecule has 0 fully saturated rings. The van der Waals surface area contributed by atoms with Gasteiger partial charge in [-0.3, -0.25) is 4.79 Å². The summed E-state index contributed by atoms with van der Waals surface area (Å²) in [4.78, 5) is 12.0. The highest BCUT2D eigenvalue weighted by Gasteiger charge is 2.23. The number of hydrogen-bond acceptors (Lipinski definition) is 6. The van der Waals surface area contributed by atoms with E-state index in [2.05, 4.69) is 41.3 Å². The van der Waals surface area contributed by atoms with Gasteiger partial charge in [0.2, 0.25) is 0 Å². The van der Waals surface area contributed by atoms with E-state index >= 15 is 0 Å². The van der Waals surface area contributed by atoms with Crippen molar-refractivity contribution in [1.29, 1.82) is 0 Å². The lowest BCUT2D eigenvalue weighted by molar-refractivity contribution is -0.140. The van der Waals surface area contributed by atoms with Crippen molar-refractivity contribution in [2.24, 2.45) is 0 Å². The molecule has 1 unspecified atom stereocenters. The van der Waals surface area contributed by atoms with Crippen LogP contribution in [0.1, 0.15) is 30.2 Å². The molecule has 0 aliphatic carbocycles. The Morgan fingerprint density at radius 3 is 2.65 bits per heavy atom. The van der Waals surface area contributed by atoms with Crippen molar-refractivity contribution in [1.82, 2.24) is 20.0 Å². The Balaban J connectivity index is 2.15. The van der Waals surface area contributed by atoms with Crippen molar-refractivity contribution in [3.8, 4) is 5.69 Å². The molecule has 1 aromatic carbocycles. The number of nitrogens with zero attached hydrogens (tertiary/aromatic N) is 4. The normalized spacial score (nSPS) is 12.3. The van der Waals surface area contributed by atoms with Crippen LogP contribution in [0, 0.1) is 20.8 Å². The number of benzene rings is 1. The number of hydrogen-bond donors (Lipinski definition) is 0. The average molecular weight is 370 g/mol. The molecule has 0 bridgehead atoms. The van der Waals surface area contributed by atoms with E-state index in [0.717, 1.165) is 22.3 Å². The van der Waals surface area contributed by atoms with Gasteiger partial charge in [0.05, 0.1) is 24.7 Å². The van der Waals surface area contributed by atoms with E-state index in [1.807, 2.05) is 24.6 Å². The number of aromatic nitrogens is 4. The van der Waals surface area contributed by atoms with Gasteiger partial charge >= 0.3 is 5.97 Å². The Kier molecular flexibility index (Phi) is 5.27. The van der Waals surface area contributed by atoms with Crippen LogP contribution in [0.2, 0.25) is 0 Å². The summed E-state index contributed by atoms with van der Waals surface area (Å²) in [7, 11) is 1.40. The SMILES string of the molecule is CCC(Sc1nnc(C)c2cnn(-c3ccc(C)c(C)c3)c12)C(=O)OC. The first-order valence-corrected chi connectivity index (χ1v) is 9.37. The van der Waals surface area contributed by atoms with Gasteiger partial charge in [-0.05, 0) is 50.5 Å². The summed E-state index contributed by atoms with van der Waals surface area (Å²) in [5.41, 5.74) is 5.06. The molecule has 0 saturated heterocycles. The molecule has 2 heterocycles. The minimum Gasteiger partial charge on any atom is -0.468 e. The highest BCUT2D eigenvalue weighted by atomic mass is 32.2. The molecule has 3 aromatic rings. The minimum atomic E-state index is -0.330. The molecule has 7 heteroatoms. The van der Waals surface area contributed by atoms with Crippen molar-refractivity contribution in [3.05, 3.63) is 41.2 Å². The first-order valence-electron chi connectivity index (χ1n) is 8.49. The lowest BCUT2D eigenvalue weighted by Gasteiger charge is -2.13. The zero-order valence-electron chi connectivity index (χ0n) is 15.6. The highest BCUT2D eigenvalue weighted by Crippen LogP contribution is 2.32. The van der Waals surface area contributed by atoms with Crippen LogP contribution in [0.15, 0.2) is 29.4 Å². The molecule has 3 rings (SSSR count). The van der Waals surface area contributed by atoms with Crippen LogP contribution in [-0.4, -0.2) is 38.3 Å². The lowest BCUT2D eigenvalue weighted by Crippen LogP contribution is -2.18. The van der Waals surface area contributed by atoms with Crippen LogP contribution in [0.4, 0.5) is 0 Å². The molecule has 0 spiro atoms. The first kappa shape index (κ1) is 18.4. The molecule has 0 radical (unpaired) electrons. The first-order chi connectivity index (χ1) is 12.5. The summed E-state index contributed by atoms with van der Waals surface area (Å²) in [6.45, 7) is 8.02. The fourth-order valence-corrected chi connectivity index (χ4v) is 3.76. The van der Waals surface area contributed by atoms with Gasteiger partial charge in [-0.1, -0.05) is 24.8 Å². The highest BCUT2D eigenvalue weighted by molar-refractivity contribution is 8.00. The van der Waals surface area contributed by atoms with E-state index in [1.165, 1.54) is 30.0 Å². The van der Waals surface area contributed by atoms with Gasteiger partial charge in [0, 0.05) is 5.39 Å². The topological polar surface area (TPSA) is 69.9 Å². The molecular weight excluding hydrogens is 348 g/mol. The Hall–Kier alpha value is -2.41. The minimum absolute atomic E-state index is 0.259. The second kappa shape index (κ2) is 7.45. The van der Waals surface area contributed by atoms with Crippen molar-refractivity contribution >= 4 is 28.6 Å². The molecule has 26 heavy (non-hydrogen) atoms. The van der Waals surface area contributed by atoms with Gasteiger partial charge in [0.1, 0.15) is 15.8 Å². The zero-order chi connectivity index (χ0) is 18.8. The number of thioether (sulfide) groups is 1. The van der Waals surface area contributed by atoms with Crippen molar-refractivity contribution in [3.63, 3.8) is 0 Å². The second-order valence-corrected chi connectivity index (χ2v) is 7.41. The summed E-state index contributed by atoms with van der Waals surface area (Å²) < 4.78 is 6.78. The molecule has 0 amide bonds. The van der Waals surface area contributed by atoms with E-state index < -0.39 is 0 Å². The maximum Gasteiger partial charge on any atom is 0.319 e. The Bertz CT molecular complexity index is 968. The van der Waals surface area contributed by atoms with Gasteiger partial charge in [-0.2, -0.15) is 10.2 Å². The largest absolute Gasteiger partial charge is 0.468 e. The molecule has 0 aliphatic heterocycles. The predicted molar refractivity (Wildman–Crippen MR) is 103 cm³/mol. The van der Waals surface area contributed by atoms with Gasteiger partial charge in [0.25, 0.3) is 0 Å². The molecule has 0 aliphatic rings. The van der Waals surface area contributed by atoms with Gasteiger partial charge in [0.15, 0.2) is 0 Å². The Morgan fingerprint density at radius 2 is 2.00 bits per heavy atom. The number of carbonyl (C=O) groups is 1. The summed E-state index contributed by atoms with van der Waals surface area (Å²) in [6.07, 6.45) is 2.45. The average Bonchev–Trinajstić information content (AvgIpc) is 3.09. The quantitative estimate of drug-likeness (QED) is 0.503. The smallest absolute Gasteiger partial charge is 0.319 e. The molecule has 136 valence electrons. The van der Waals surface area contributed by atoms with E-state index in [9.17, 15) is 4.79 Å². The van der Waals surface area contributed by atoms with Crippen molar-refractivity contribution in [2.75, 3.05) is 7.11 Å². The zero-order valence-corrected chi connectivity index (χ0v) is 16.4. The van der Waals surface area contributed by atoms with Crippen molar-refractivity contribution in [2.45, 2.75) is 44.4 Å². The molecule has 2 aromatic heterocycles. The lowest BCUT2D eigenvalue weighted by atomic mass is 10.1. The van der Waals surface area contributed by atoms with Crippen LogP contribution >= 0.6 is 11.8 Å². The number of methoxy groups -OCH3 is 1. The van der Waals surface area contributed by atoms with Crippen LogP contribution in [-0.2, 0) is 9.53 Å². The maximum atomic E-state index is 12.0. The van der Waals surface area contributed by atoms with Gasteiger partial charge in [-0.25, -0.2) is 4.68 Å². The fraction of sp³-hybridized carbons (Fsp3) is 0.368. The number of carbonyl (C=O) groups excluding carboxylic acids is 1. The molecule has 0 N–H and O–H groups in total. The number of rotatable bonds is 5. The number of ether oxygens (including phenoxy) is 1. The third-order valence-electron chi connectivity index (χ3n) is 4.48. The third-order valence-corrected chi connectivity index (χ3v) is 5.78. The summed E-state index contributed by atoms with van der Waals surface area (Å²) in [6, 6.07) is 6.22. The monoisotopic (exact) mass is 370 g/mol. The molecule has 0 saturated carbocycles. The fourth-order valence-electron chi connectivity index (χ4n) is 2.74. The predicted octanol–water partition coefficient (Wildman–Crippen LogP) is 3.78. The molecular formula is C19H22N4O2S. The Labute approximate surface area is 157 Å². The Morgan fingerprint density at radius 1 is 1.23 bits per heavy atom. The van der Waals surface area contributed by atoms with Crippen LogP contribution in [0.25, 0.3) is 16.6 Å². The van der Waals surface area contributed by atoms with E-state index in [4.69, 9.17) is 4.74 Å². The van der Waals surface area contributed by atoms with Crippen molar-refractivity contribution < 1.29 is 9.53 Å². The van der Waals surface area contributed by atoms with Crippen LogP contribution in [0.3, 0.4) is 0 Å². The molecule has 1 atom stereocenters. The standard InChI is InChI=1S/C19H22N4O2S/c1-6-16(19(24)25-5)26-18-17-15(13(4)21-22-18)10-20-23(17)14-8-7-11(2)12(3)9-14/h7-10,16H,6H2,1-5H3. The number of fused-ring (bicyclic) bond motifs is 1. The summed E-state index contributed by atoms with van der Waals surface area (Å²) in [5, 5.41) is 14.4. The summed E-state index contributed by atoms with van der Waals surface area (Å²) in [5.74, 6) is -0.259. The second-order valence-electron chi connectivity index (χ2n) is 6.22. The third kappa shape index (κ3) is 3.31. The maximum absolute atomic E-state index is 12.0. The number of esters is 1. The van der Waals surface area contributed by atoms with Gasteiger partial charge < -0.3 is 4.74 Å². The van der Waals surface area contributed by atoms with E-state index in [-0.39, 0.29) is 11.2 Å². The van der Waals surface area contributed by atoms with Crippen LogP contribution < -0.4 is 0 Å². The van der Waals surface area contributed by atoms with Gasteiger partial charge in [-0.15, -0.1) is 5.10 Å². The van der Waals surface area contributed by atoms with Crippen LogP contribution in [0.5, 0.6) is 0 Å². The van der Waals surface area contributed by atoms with E-state index in [1.54, 1.807) is 6.20 Å². The number of aryl methyl sites for hydroxylation is 3. The summed E-state index contributed by atoms with van der Waals surface area (Å²) >= 11 is 1.37. The molecule has 6 nitrogen and oxygen atoms in total.